The first-order valence-electron chi connectivity index (χ1n) is 5.71. The Hall–Kier alpha value is -1.16. The molecule has 1 aromatic rings. The van der Waals surface area contributed by atoms with E-state index in [-0.39, 0.29) is 0 Å². The number of halogens is 1. The summed E-state index contributed by atoms with van der Waals surface area (Å²) in [6.07, 6.45) is 3.64. The summed E-state index contributed by atoms with van der Waals surface area (Å²) in [5, 5.41) is 0. The van der Waals surface area contributed by atoms with E-state index in [4.69, 9.17) is 4.74 Å². The Morgan fingerprint density at radius 2 is 2.38 bits per heavy atom. The Bertz CT molecular complexity index is 346. The number of nitrogens with zero attached hydrogens (tertiary/aromatic N) is 2. The second-order valence-corrected chi connectivity index (χ2v) is 4.24. The lowest BCUT2D eigenvalue weighted by atomic mass is 10.0. The second kappa shape index (κ2) is 5.25. The average Bonchev–Trinajstić information content (AvgIpc) is 2.28. The van der Waals surface area contributed by atoms with Crippen LogP contribution in [0, 0.1) is 5.95 Å². The predicted molar refractivity (Wildman–Crippen MR) is 60.0 cm³/mol. The van der Waals surface area contributed by atoms with Crippen LogP contribution < -0.4 is 4.74 Å². The van der Waals surface area contributed by atoms with E-state index in [0.29, 0.717) is 18.5 Å². The van der Waals surface area contributed by atoms with Gasteiger partial charge in [-0.3, -0.25) is 0 Å². The van der Waals surface area contributed by atoms with E-state index in [9.17, 15) is 4.39 Å². The molecule has 16 heavy (non-hydrogen) atoms. The summed E-state index contributed by atoms with van der Waals surface area (Å²) in [6, 6.07) is 5.05. The summed E-state index contributed by atoms with van der Waals surface area (Å²) in [6.45, 7) is 1.71. The minimum absolute atomic E-state index is 0.374. The highest BCUT2D eigenvalue weighted by Gasteiger charge is 2.19. The van der Waals surface area contributed by atoms with Gasteiger partial charge in [0.2, 0.25) is 11.8 Å². The molecule has 88 valence electrons. The quantitative estimate of drug-likeness (QED) is 0.735. The van der Waals surface area contributed by atoms with Crippen molar-refractivity contribution in [2.45, 2.75) is 25.3 Å². The molecule has 2 heterocycles. The first-order valence-corrected chi connectivity index (χ1v) is 5.71. The van der Waals surface area contributed by atoms with Crippen molar-refractivity contribution in [3.8, 4) is 5.88 Å². The van der Waals surface area contributed by atoms with Gasteiger partial charge in [-0.1, -0.05) is 12.5 Å². The van der Waals surface area contributed by atoms with Crippen LogP contribution in [-0.4, -0.2) is 36.1 Å². The van der Waals surface area contributed by atoms with E-state index < -0.39 is 5.95 Å². The van der Waals surface area contributed by atoms with Gasteiger partial charge in [-0.25, -0.2) is 0 Å². The first-order chi connectivity index (χ1) is 7.75. The van der Waals surface area contributed by atoms with Gasteiger partial charge in [0.1, 0.15) is 6.61 Å². The lowest BCUT2D eigenvalue weighted by Gasteiger charge is -2.31. The van der Waals surface area contributed by atoms with E-state index in [2.05, 4.69) is 16.9 Å². The third kappa shape index (κ3) is 2.92. The standard InChI is InChI=1S/C12H17FN2O/c1-15-8-3-2-5-10(15)9-16-12-7-4-6-11(13)14-12/h4,6-7,10H,2-3,5,8-9H2,1H3. The number of likely N-dealkylation sites (N-methyl/N-ethyl adjacent to an activating group) is 1. The third-order valence-electron chi connectivity index (χ3n) is 3.03. The van der Waals surface area contributed by atoms with Crippen molar-refractivity contribution in [3.05, 3.63) is 24.1 Å². The molecule has 0 amide bonds. The molecule has 0 saturated carbocycles. The number of likely N-dealkylation sites (tertiary alicyclic amines) is 1. The van der Waals surface area contributed by atoms with E-state index in [1.165, 1.54) is 18.9 Å². The molecule has 0 N–H and O–H groups in total. The number of aromatic nitrogens is 1. The molecule has 0 spiro atoms. The SMILES string of the molecule is CN1CCCCC1COc1cccc(F)n1. The van der Waals surface area contributed by atoms with Crippen LogP contribution in [0.4, 0.5) is 4.39 Å². The maximum absolute atomic E-state index is 12.8. The lowest BCUT2D eigenvalue weighted by molar-refractivity contribution is 0.122. The molecule has 2 rings (SSSR count). The van der Waals surface area contributed by atoms with Crippen molar-refractivity contribution in [3.63, 3.8) is 0 Å². The van der Waals surface area contributed by atoms with Crippen LogP contribution in [0.3, 0.4) is 0 Å². The van der Waals surface area contributed by atoms with Gasteiger partial charge >= 0.3 is 0 Å². The Balaban J connectivity index is 1.86. The predicted octanol–water partition coefficient (Wildman–Crippen LogP) is 2.08. The number of rotatable bonds is 3. The maximum Gasteiger partial charge on any atom is 0.216 e. The molecule has 4 heteroatoms. The Kier molecular flexibility index (Phi) is 3.72. The molecule has 1 unspecified atom stereocenters. The topological polar surface area (TPSA) is 25.4 Å². The molecule has 0 aliphatic carbocycles. The highest BCUT2D eigenvalue weighted by atomic mass is 19.1. The van der Waals surface area contributed by atoms with E-state index in [1.54, 1.807) is 12.1 Å². The van der Waals surface area contributed by atoms with Gasteiger partial charge < -0.3 is 9.64 Å². The highest BCUT2D eigenvalue weighted by molar-refractivity contribution is 5.10. The molecular formula is C12H17FN2O. The summed E-state index contributed by atoms with van der Waals surface area (Å²) in [5.74, 6) is -0.117. The molecule has 1 aliphatic rings. The number of hydrogen-bond donors (Lipinski definition) is 0. The minimum Gasteiger partial charge on any atom is -0.476 e. The Labute approximate surface area is 95.2 Å². The van der Waals surface area contributed by atoms with Crippen LogP contribution in [0.2, 0.25) is 0 Å². The molecule has 0 aromatic carbocycles. The summed E-state index contributed by atoms with van der Waals surface area (Å²) in [5.41, 5.74) is 0. The smallest absolute Gasteiger partial charge is 0.216 e. The molecule has 1 fully saturated rings. The van der Waals surface area contributed by atoms with Crippen LogP contribution in [0.5, 0.6) is 5.88 Å². The fraction of sp³-hybridized carbons (Fsp3) is 0.583. The van der Waals surface area contributed by atoms with Crippen molar-refractivity contribution in [1.29, 1.82) is 0 Å². The van der Waals surface area contributed by atoms with Gasteiger partial charge in [-0.15, -0.1) is 0 Å². The Morgan fingerprint density at radius 1 is 1.50 bits per heavy atom. The minimum atomic E-state index is -0.491. The summed E-state index contributed by atoms with van der Waals surface area (Å²) >= 11 is 0. The Morgan fingerprint density at radius 3 is 3.12 bits per heavy atom. The monoisotopic (exact) mass is 224 g/mol. The second-order valence-electron chi connectivity index (χ2n) is 4.24. The van der Waals surface area contributed by atoms with Crippen LogP contribution in [0.1, 0.15) is 19.3 Å². The van der Waals surface area contributed by atoms with Gasteiger partial charge in [0.05, 0.1) is 0 Å². The fourth-order valence-electron chi connectivity index (χ4n) is 2.01. The number of piperidine rings is 1. The third-order valence-corrected chi connectivity index (χ3v) is 3.03. The number of ether oxygens (including phenoxy) is 1. The summed E-state index contributed by atoms with van der Waals surface area (Å²) < 4.78 is 18.3. The molecular weight excluding hydrogens is 207 g/mol. The zero-order valence-electron chi connectivity index (χ0n) is 9.53. The number of hydrogen-bond acceptors (Lipinski definition) is 3. The van der Waals surface area contributed by atoms with Crippen LogP contribution in [-0.2, 0) is 0 Å². The van der Waals surface area contributed by atoms with Crippen molar-refractivity contribution in [2.75, 3.05) is 20.2 Å². The lowest BCUT2D eigenvalue weighted by Crippen LogP contribution is -2.40. The van der Waals surface area contributed by atoms with E-state index in [0.717, 1.165) is 13.0 Å². The van der Waals surface area contributed by atoms with Gasteiger partial charge in [0.25, 0.3) is 0 Å². The molecule has 1 aliphatic heterocycles. The molecule has 3 nitrogen and oxygen atoms in total. The summed E-state index contributed by atoms with van der Waals surface area (Å²) in [4.78, 5) is 5.97. The van der Waals surface area contributed by atoms with Gasteiger partial charge in [0.15, 0.2) is 0 Å². The van der Waals surface area contributed by atoms with Crippen molar-refractivity contribution < 1.29 is 9.13 Å². The van der Waals surface area contributed by atoms with E-state index in [1.807, 2.05) is 0 Å². The molecule has 0 radical (unpaired) electrons. The maximum atomic E-state index is 12.8. The van der Waals surface area contributed by atoms with Crippen LogP contribution >= 0.6 is 0 Å². The van der Waals surface area contributed by atoms with Gasteiger partial charge in [0, 0.05) is 12.1 Å². The molecule has 1 aromatic heterocycles. The van der Waals surface area contributed by atoms with Gasteiger partial charge in [-0.2, -0.15) is 9.37 Å². The highest BCUT2D eigenvalue weighted by Crippen LogP contribution is 2.16. The molecule has 1 atom stereocenters. The average molecular weight is 224 g/mol. The number of pyridine rings is 1. The van der Waals surface area contributed by atoms with E-state index >= 15 is 0 Å². The van der Waals surface area contributed by atoms with Crippen LogP contribution in [0.25, 0.3) is 0 Å². The van der Waals surface area contributed by atoms with Gasteiger partial charge in [-0.05, 0) is 32.5 Å². The largest absolute Gasteiger partial charge is 0.476 e. The molecule has 1 saturated heterocycles. The zero-order chi connectivity index (χ0) is 11.4. The van der Waals surface area contributed by atoms with Crippen molar-refractivity contribution in [1.82, 2.24) is 9.88 Å². The first kappa shape index (κ1) is 11.3. The van der Waals surface area contributed by atoms with Crippen molar-refractivity contribution >= 4 is 0 Å². The van der Waals surface area contributed by atoms with Crippen molar-refractivity contribution in [2.24, 2.45) is 0 Å². The van der Waals surface area contributed by atoms with Crippen LogP contribution in [0.15, 0.2) is 18.2 Å². The summed E-state index contributed by atoms with van der Waals surface area (Å²) in [7, 11) is 2.10. The zero-order valence-corrected chi connectivity index (χ0v) is 9.53. The normalized spacial score (nSPS) is 22.0. The fourth-order valence-corrected chi connectivity index (χ4v) is 2.01. The molecule has 0 bridgehead atoms.